The van der Waals surface area contributed by atoms with Gasteiger partial charge in [0, 0.05) is 0 Å². The molecule has 0 spiro atoms. The van der Waals surface area contributed by atoms with Crippen LogP contribution in [0, 0.1) is 5.92 Å². The zero-order chi connectivity index (χ0) is 24.5. The van der Waals surface area contributed by atoms with Gasteiger partial charge < -0.3 is 20.1 Å². The molecule has 2 N–H and O–H groups in total. The van der Waals surface area contributed by atoms with Gasteiger partial charge in [0.05, 0.1) is 20.8 Å². The molecule has 0 fully saturated rings. The first-order valence-corrected chi connectivity index (χ1v) is 11.4. The summed E-state index contributed by atoms with van der Waals surface area (Å²) in [5.41, 5.74) is 1.03. The fraction of sp³-hybridized carbons (Fsp3) is 0.348. The highest BCUT2D eigenvalue weighted by Gasteiger charge is 2.31. The summed E-state index contributed by atoms with van der Waals surface area (Å²) < 4.78 is 10.5. The fourth-order valence-electron chi connectivity index (χ4n) is 2.71. The Hall–Kier alpha value is -2.48. The second-order valence-corrected chi connectivity index (χ2v) is 8.61. The first-order chi connectivity index (χ1) is 15.6. The highest BCUT2D eigenvalue weighted by atomic mass is 35.5. The van der Waals surface area contributed by atoms with Crippen molar-refractivity contribution < 1.29 is 23.9 Å². The second-order valence-electron chi connectivity index (χ2n) is 7.38. The number of anilines is 1. The van der Waals surface area contributed by atoms with Crippen LogP contribution in [0.25, 0.3) is 0 Å². The Bertz CT molecular complexity index is 988. The van der Waals surface area contributed by atoms with E-state index in [2.05, 4.69) is 10.6 Å². The van der Waals surface area contributed by atoms with E-state index in [-0.39, 0.29) is 33.3 Å². The lowest BCUT2D eigenvalue weighted by atomic mass is 9.99. The van der Waals surface area contributed by atoms with Crippen LogP contribution in [-0.2, 0) is 25.7 Å². The van der Waals surface area contributed by atoms with Crippen molar-refractivity contribution in [2.45, 2.75) is 45.9 Å². The second kappa shape index (κ2) is 12.7. The van der Waals surface area contributed by atoms with Crippen molar-refractivity contribution in [3.63, 3.8) is 0 Å². The number of ether oxygens (including phenoxy) is 2. The van der Waals surface area contributed by atoms with E-state index in [1.54, 1.807) is 6.92 Å². The summed E-state index contributed by atoms with van der Waals surface area (Å²) in [6.07, 6.45) is -1.35. The number of nitrogens with one attached hydrogen (secondary N) is 2. The van der Waals surface area contributed by atoms with E-state index in [1.807, 2.05) is 37.3 Å². The van der Waals surface area contributed by atoms with E-state index < -0.39 is 30.1 Å². The molecule has 0 aliphatic heterocycles. The van der Waals surface area contributed by atoms with Crippen molar-refractivity contribution in [1.82, 2.24) is 5.32 Å². The number of amides is 2. The number of halogens is 3. The fourth-order valence-corrected chi connectivity index (χ4v) is 3.31. The molecule has 0 heterocycles. The van der Waals surface area contributed by atoms with Crippen molar-refractivity contribution >= 4 is 58.5 Å². The zero-order valence-corrected chi connectivity index (χ0v) is 20.6. The van der Waals surface area contributed by atoms with E-state index in [0.29, 0.717) is 6.42 Å². The maximum Gasteiger partial charge on any atom is 0.408 e. The summed E-state index contributed by atoms with van der Waals surface area (Å²) in [7, 11) is 0. The monoisotopic (exact) mass is 514 g/mol. The van der Waals surface area contributed by atoms with Crippen LogP contribution in [-0.4, -0.2) is 30.1 Å². The van der Waals surface area contributed by atoms with Crippen LogP contribution in [0.4, 0.5) is 10.5 Å². The van der Waals surface area contributed by atoms with E-state index in [0.717, 1.165) is 5.56 Å². The molecule has 0 radical (unpaired) electrons. The quantitative estimate of drug-likeness (QED) is 0.322. The summed E-state index contributed by atoms with van der Waals surface area (Å²) >= 11 is 17.9. The Kier molecular flexibility index (Phi) is 10.3. The van der Waals surface area contributed by atoms with E-state index in [4.69, 9.17) is 44.3 Å². The van der Waals surface area contributed by atoms with Crippen molar-refractivity contribution in [3.05, 3.63) is 63.1 Å². The molecule has 2 aromatic carbocycles. The minimum Gasteiger partial charge on any atom is -0.451 e. The van der Waals surface area contributed by atoms with Gasteiger partial charge in [-0.25, -0.2) is 9.59 Å². The minimum absolute atomic E-state index is 0.0537. The van der Waals surface area contributed by atoms with Crippen molar-refractivity contribution in [1.29, 1.82) is 0 Å². The normalized spacial score (nSPS) is 13.4. The molecule has 10 heteroatoms. The van der Waals surface area contributed by atoms with Crippen LogP contribution in [0.5, 0.6) is 0 Å². The summed E-state index contributed by atoms with van der Waals surface area (Å²) in [6, 6.07) is 10.9. The minimum atomic E-state index is -1.17. The van der Waals surface area contributed by atoms with Gasteiger partial charge in [0.25, 0.3) is 5.91 Å². The smallest absolute Gasteiger partial charge is 0.408 e. The van der Waals surface area contributed by atoms with Crippen LogP contribution >= 0.6 is 34.8 Å². The third-order valence-corrected chi connectivity index (χ3v) is 5.92. The molecule has 2 amide bonds. The zero-order valence-electron chi connectivity index (χ0n) is 18.4. The van der Waals surface area contributed by atoms with Gasteiger partial charge in [-0.2, -0.15) is 0 Å². The average Bonchev–Trinajstić information content (AvgIpc) is 2.79. The number of carbonyl (C=O) groups is 3. The maximum absolute atomic E-state index is 12.7. The molecule has 33 heavy (non-hydrogen) atoms. The summed E-state index contributed by atoms with van der Waals surface area (Å²) in [5.74, 6) is -1.65. The van der Waals surface area contributed by atoms with E-state index >= 15 is 0 Å². The van der Waals surface area contributed by atoms with Crippen molar-refractivity contribution in [3.8, 4) is 0 Å². The Morgan fingerprint density at radius 1 is 0.970 bits per heavy atom. The Balaban J connectivity index is 1.98. The van der Waals surface area contributed by atoms with Crippen molar-refractivity contribution in [2.24, 2.45) is 5.92 Å². The predicted octanol–water partition coefficient (Wildman–Crippen LogP) is 5.86. The lowest BCUT2D eigenvalue weighted by Gasteiger charge is -2.24. The van der Waals surface area contributed by atoms with Gasteiger partial charge in [-0.3, -0.25) is 4.79 Å². The van der Waals surface area contributed by atoms with Crippen LogP contribution in [0.2, 0.25) is 15.1 Å². The molecule has 7 nitrogen and oxygen atoms in total. The molecule has 0 saturated carbocycles. The predicted molar refractivity (Wildman–Crippen MR) is 129 cm³/mol. The molecule has 0 saturated heterocycles. The van der Waals surface area contributed by atoms with Gasteiger partial charge in [-0.1, -0.05) is 85.4 Å². The van der Waals surface area contributed by atoms with Gasteiger partial charge in [-0.05, 0) is 30.5 Å². The summed E-state index contributed by atoms with van der Waals surface area (Å²) in [4.78, 5) is 37.5. The van der Waals surface area contributed by atoms with Gasteiger partial charge >= 0.3 is 12.1 Å². The molecule has 2 aromatic rings. The topological polar surface area (TPSA) is 93.7 Å². The Morgan fingerprint density at radius 2 is 1.61 bits per heavy atom. The molecular formula is C23H25Cl3N2O5. The lowest BCUT2D eigenvalue weighted by Crippen LogP contribution is -2.47. The van der Waals surface area contributed by atoms with Gasteiger partial charge in [0.2, 0.25) is 0 Å². The maximum atomic E-state index is 12.7. The Morgan fingerprint density at radius 3 is 2.24 bits per heavy atom. The van der Waals surface area contributed by atoms with Crippen LogP contribution < -0.4 is 10.6 Å². The number of alkyl carbamates (subject to hydrolysis) is 1. The molecule has 0 aliphatic rings. The van der Waals surface area contributed by atoms with E-state index in [1.165, 1.54) is 19.1 Å². The molecule has 0 aromatic heterocycles. The molecule has 0 unspecified atom stereocenters. The average molecular weight is 516 g/mol. The first kappa shape index (κ1) is 26.8. The SMILES string of the molecule is CC[C@H](C)[C@H](NC(=O)OCc1ccccc1)C(=O)O[C@H](C)C(=O)Nc1cc(Cl)c(Cl)cc1Cl. The highest BCUT2D eigenvalue weighted by Crippen LogP contribution is 2.32. The summed E-state index contributed by atoms with van der Waals surface area (Å²) in [6.45, 7) is 5.10. The number of carbonyl (C=O) groups excluding carboxylic acids is 3. The Labute approximate surface area is 207 Å². The molecule has 0 aliphatic carbocycles. The number of rotatable bonds is 9. The van der Waals surface area contributed by atoms with Crippen LogP contribution in [0.1, 0.15) is 32.8 Å². The largest absolute Gasteiger partial charge is 0.451 e. The highest BCUT2D eigenvalue weighted by molar-refractivity contribution is 6.44. The van der Waals surface area contributed by atoms with Crippen LogP contribution in [0.3, 0.4) is 0 Å². The molecular weight excluding hydrogens is 491 g/mol. The molecule has 3 atom stereocenters. The first-order valence-electron chi connectivity index (χ1n) is 10.3. The number of esters is 1. The van der Waals surface area contributed by atoms with Gasteiger partial charge in [-0.15, -0.1) is 0 Å². The van der Waals surface area contributed by atoms with Crippen molar-refractivity contribution in [2.75, 3.05) is 5.32 Å². The van der Waals surface area contributed by atoms with Crippen LogP contribution in [0.15, 0.2) is 42.5 Å². The molecule has 178 valence electrons. The lowest BCUT2D eigenvalue weighted by molar-refractivity contribution is -0.156. The number of benzene rings is 2. The number of hydrogen-bond donors (Lipinski definition) is 2. The third kappa shape index (κ3) is 8.11. The van der Waals surface area contributed by atoms with Gasteiger partial charge in [0.1, 0.15) is 12.6 Å². The summed E-state index contributed by atoms with van der Waals surface area (Å²) in [5, 5.41) is 5.69. The standard InChI is InChI=1S/C23H25Cl3N2O5/c1-4-13(2)20(28-23(31)32-12-15-8-6-5-7-9-15)22(30)33-14(3)21(29)27-19-11-17(25)16(24)10-18(19)26/h5-11,13-14,20H,4,12H2,1-3H3,(H,27,29)(H,28,31)/t13-,14+,20-/m0/s1. The van der Waals surface area contributed by atoms with E-state index in [9.17, 15) is 14.4 Å². The van der Waals surface area contributed by atoms with Gasteiger partial charge in [0.15, 0.2) is 6.10 Å². The molecule has 2 rings (SSSR count). The molecule has 0 bridgehead atoms. The number of hydrogen-bond acceptors (Lipinski definition) is 5. The third-order valence-electron chi connectivity index (χ3n) is 4.88.